The first-order chi connectivity index (χ1) is 18.7. The minimum Gasteiger partial charge on any atom is -0.345 e. The maximum Gasteiger partial charge on any atom is 0.245 e. The number of halogens is 1. The lowest BCUT2D eigenvalue weighted by molar-refractivity contribution is -0.140. The molecule has 0 bridgehead atoms. The summed E-state index contributed by atoms with van der Waals surface area (Å²) in [5, 5.41) is 9.32. The smallest absolute Gasteiger partial charge is 0.245 e. The molecular formula is C30H41ClN6O2. The van der Waals surface area contributed by atoms with Crippen molar-refractivity contribution in [3.8, 4) is 11.3 Å². The second kappa shape index (κ2) is 11.7. The van der Waals surface area contributed by atoms with Gasteiger partial charge in [-0.15, -0.1) is 0 Å². The Balaban J connectivity index is 1.42. The van der Waals surface area contributed by atoms with Crippen molar-refractivity contribution in [2.45, 2.75) is 76.5 Å². The Labute approximate surface area is 236 Å². The molecule has 3 atom stereocenters. The van der Waals surface area contributed by atoms with E-state index >= 15 is 0 Å². The van der Waals surface area contributed by atoms with Gasteiger partial charge in [0.1, 0.15) is 6.04 Å². The third-order valence-electron chi connectivity index (χ3n) is 8.85. The first kappa shape index (κ1) is 27.7. The third-order valence-corrected chi connectivity index (χ3v) is 9.08. The van der Waals surface area contributed by atoms with Gasteiger partial charge in [0.15, 0.2) is 0 Å². The number of hydrogen-bond donors (Lipinski definition) is 1. The van der Waals surface area contributed by atoms with Crippen LogP contribution in [-0.2, 0) is 23.2 Å². The topological polar surface area (TPSA) is 75.4 Å². The second-order valence-electron chi connectivity index (χ2n) is 11.5. The number of carbonyl (C=O) groups excluding carboxylic acids is 2. The van der Waals surface area contributed by atoms with Crippen molar-refractivity contribution in [3.63, 3.8) is 0 Å². The van der Waals surface area contributed by atoms with Crippen molar-refractivity contribution in [2.24, 2.45) is 13.0 Å². The zero-order chi connectivity index (χ0) is 27.7. The fourth-order valence-electron chi connectivity index (χ4n) is 6.34. The molecule has 8 nitrogen and oxygen atoms in total. The summed E-state index contributed by atoms with van der Waals surface area (Å²) >= 11 is 6.41. The van der Waals surface area contributed by atoms with Gasteiger partial charge in [0.25, 0.3) is 0 Å². The molecule has 1 aliphatic heterocycles. The molecule has 5 rings (SSSR count). The first-order valence-corrected chi connectivity index (χ1v) is 14.7. The van der Waals surface area contributed by atoms with Gasteiger partial charge in [0.05, 0.1) is 11.7 Å². The molecule has 1 saturated carbocycles. The number of rotatable bonds is 8. The van der Waals surface area contributed by atoms with Crippen molar-refractivity contribution >= 4 is 34.3 Å². The molecule has 2 fully saturated rings. The molecule has 2 amide bonds. The molecule has 210 valence electrons. The average Bonchev–Trinajstić information content (AvgIpc) is 3.65. The summed E-state index contributed by atoms with van der Waals surface area (Å²) < 4.78 is 4.13. The summed E-state index contributed by atoms with van der Waals surface area (Å²) in [6, 6.07) is 7.31. The molecule has 39 heavy (non-hydrogen) atoms. The molecule has 1 aromatic carbocycles. The highest BCUT2D eigenvalue weighted by atomic mass is 35.5. The van der Waals surface area contributed by atoms with Gasteiger partial charge in [-0.1, -0.05) is 30.9 Å². The highest BCUT2D eigenvalue weighted by Crippen LogP contribution is 2.34. The van der Waals surface area contributed by atoms with Gasteiger partial charge in [-0.3, -0.25) is 19.2 Å². The number of likely N-dealkylation sites (tertiary alicyclic amines) is 1. The molecule has 0 spiro atoms. The van der Waals surface area contributed by atoms with E-state index in [1.165, 1.54) is 6.42 Å². The van der Waals surface area contributed by atoms with Crippen LogP contribution in [0.1, 0.15) is 51.9 Å². The Morgan fingerprint density at radius 1 is 1.13 bits per heavy atom. The van der Waals surface area contributed by atoms with E-state index in [1.54, 1.807) is 6.20 Å². The highest BCUT2D eigenvalue weighted by Gasteiger charge is 2.39. The fourth-order valence-corrected chi connectivity index (χ4v) is 6.51. The van der Waals surface area contributed by atoms with E-state index in [1.807, 2.05) is 60.7 Å². The monoisotopic (exact) mass is 552 g/mol. The lowest BCUT2D eigenvalue weighted by Gasteiger charge is -2.36. The van der Waals surface area contributed by atoms with E-state index in [2.05, 4.69) is 27.2 Å². The van der Waals surface area contributed by atoms with Crippen molar-refractivity contribution < 1.29 is 9.59 Å². The zero-order valence-corrected chi connectivity index (χ0v) is 24.3. The standard InChI is InChI=1S/C30H41ClN6O2/c1-20(34(2)3)29(38)33-28(21-9-6-5-7-10-21)30(39)37-16-8-11-23(37)18-36-19-25(26-14-15-32-35(26)4)24-17-22(31)12-13-27(24)36/h12-15,17,19-21,23,28H,5-11,16,18H2,1-4H3,(H,33,38). The number of nitrogens with zero attached hydrogens (tertiary/aromatic N) is 5. The van der Waals surface area contributed by atoms with Crippen LogP contribution < -0.4 is 5.32 Å². The SMILES string of the molecule is CC(C(=O)NC(C(=O)N1CCCC1Cn1cc(-c2ccnn2C)c2cc(Cl)ccc21)C1CCCCC1)N(C)C. The predicted octanol–water partition coefficient (Wildman–Crippen LogP) is 4.70. The maximum absolute atomic E-state index is 14.2. The molecule has 2 aromatic heterocycles. The lowest BCUT2D eigenvalue weighted by Crippen LogP contribution is -2.56. The number of fused-ring (bicyclic) bond motifs is 1. The summed E-state index contributed by atoms with van der Waals surface area (Å²) in [7, 11) is 5.73. The second-order valence-corrected chi connectivity index (χ2v) is 12.0. The van der Waals surface area contributed by atoms with Gasteiger partial charge < -0.3 is 14.8 Å². The summed E-state index contributed by atoms with van der Waals surface area (Å²) in [6.45, 7) is 3.31. The fraction of sp³-hybridized carbons (Fsp3) is 0.567. The van der Waals surface area contributed by atoms with Crippen LogP contribution in [0.25, 0.3) is 22.2 Å². The van der Waals surface area contributed by atoms with E-state index in [0.29, 0.717) is 11.6 Å². The Kier molecular flexibility index (Phi) is 8.33. The van der Waals surface area contributed by atoms with E-state index < -0.39 is 6.04 Å². The van der Waals surface area contributed by atoms with Crippen LogP contribution in [0.15, 0.2) is 36.7 Å². The summed E-state index contributed by atoms with van der Waals surface area (Å²) in [5.41, 5.74) is 3.19. The number of hydrogen-bond acceptors (Lipinski definition) is 4. The van der Waals surface area contributed by atoms with Gasteiger partial charge in [-0.2, -0.15) is 5.10 Å². The van der Waals surface area contributed by atoms with Crippen molar-refractivity contribution in [2.75, 3.05) is 20.6 Å². The van der Waals surface area contributed by atoms with E-state index in [9.17, 15) is 9.59 Å². The van der Waals surface area contributed by atoms with E-state index in [0.717, 1.165) is 67.2 Å². The minimum atomic E-state index is -0.467. The molecule has 3 aromatic rings. The molecule has 1 aliphatic carbocycles. The van der Waals surface area contributed by atoms with E-state index in [4.69, 9.17) is 11.6 Å². The first-order valence-electron chi connectivity index (χ1n) is 14.3. The quantitative estimate of drug-likeness (QED) is 0.439. The van der Waals surface area contributed by atoms with Crippen LogP contribution in [-0.4, -0.2) is 74.7 Å². The van der Waals surface area contributed by atoms with Crippen LogP contribution in [0.5, 0.6) is 0 Å². The van der Waals surface area contributed by atoms with Crippen molar-refractivity contribution in [1.29, 1.82) is 0 Å². The van der Waals surface area contributed by atoms with Gasteiger partial charge in [-0.05, 0) is 76.9 Å². The molecule has 3 unspecified atom stereocenters. The number of aromatic nitrogens is 3. The normalized spacial score (nSPS) is 20.1. The lowest BCUT2D eigenvalue weighted by atomic mass is 9.83. The Morgan fingerprint density at radius 3 is 2.59 bits per heavy atom. The summed E-state index contributed by atoms with van der Waals surface area (Å²) in [4.78, 5) is 31.2. The molecule has 3 heterocycles. The number of aryl methyl sites for hydroxylation is 1. The van der Waals surface area contributed by atoms with E-state index in [-0.39, 0.29) is 29.8 Å². The molecule has 1 N–H and O–H groups in total. The molecule has 0 radical (unpaired) electrons. The maximum atomic E-state index is 14.2. The third kappa shape index (κ3) is 5.73. The Hall–Kier alpha value is -2.84. The number of carbonyl (C=O) groups is 2. The highest BCUT2D eigenvalue weighted by molar-refractivity contribution is 6.31. The Bertz CT molecular complexity index is 1320. The van der Waals surface area contributed by atoms with Crippen molar-refractivity contribution in [3.05, 3.63) is 41.7 Å². The number of benzene rings is 1. The molecular weight excluding hydrogens is 512 g/mol. The Morgan fingerprint density at radius 2 is 1.90 bits per heavy atom. The van der Waals surface area contributed by atoms with Crippen LogP contribution >= 0.6 is 11.6 Å². The largest absolute Gasteiger partial charge is 0.345 e. The minimum absolute atomic E-state index is 0.0671. The summed E-state index contributed by atoms with van der Waals surface area (Å²) in [5.74, 6) is 0.195. The van der Waals surface area contributed by atoms with Crippen molar-refractivity contribution in [1.82, 2.24) is 29.5 Å². The molecule has 9 heteroatoms. The van der Waals surface area contributed by atoms with Crippen LogP contribution in [0.4, 0.5) is 0 Å². The zero-order valence-electron chi connectivity index (χ0n) is 23.6. The van der Waals surface area contributed by atoms with Gasteiger partial charge in [0.2, 0.25) is 11.8 Å². The number of likely N-dealkylation sites (N-methyl/N-ethyl adjacent to an activating group) is 1. The van der Waals surface area contributed by atoms with Crippen LogP contribution in [0, 0.1) is 5.92 Å². The summed E-state index contributed by atoms with van der Waals surface area (Å²) in [6.07, 6.45) is 11.3. The average molecular weight is 553 g/mol. The van der Waals surface area contributed by atoms with Crippen LogP contribution in [0.2, 0.25) is 5.02 Å². The van der Waals surface area contributed by atoms with Gasteiger partial charge in [-0.25, -0.2) is 0 Å². The number of amides is 2. The predicted molar refractivity (Wildman–Crippen MR) is 156 cm³/mol. The molecule has 2 aliphatic rings. The van der Waals surface area contributed by atoms with Gasteiger partial charge >= 0.3 is 0 Å². The molecule has 1 saturated heterocycles. The van der Waals surface area contributed by atoms with Crippen LogP contribution in [0.3, 0.4) is 0 Å². The van der Waals surface area contributed by atoms with Gasteiger partial charge in [0, 0.05) is 60.1 Å². The number of nitrogens with one attached hydrogen (secondary N) is 1.